The Bertz CT molecular complexity index is 138. The molecule has 0 radical (unpaired) electrons. The lowest BCUT2D eigenvalue weighted by Crippen LogP contribution is -2.18. The highest BCUT2D eigenvalue weighted by atomic mass is 35.5. The summed E-state index contributed by atoms with van der Waals surface area (Å²) in [5.74, 6) is 0.0133. The van der Waals surface area contributed by atoms with Gasteiger partial charge in [0.25, 0.3) is 0 Å². The molecule has 0 aromatic rings. The van der Waals surface area contributed by atoms with Gasteiger partial charge in [0.2, 0.25) is 0 Å². The van der Waals surface area contributed by atoms with E-state index in [0.717, 1.165) is 6.42 Å². The summed E-state index contributed by atoms with van der Waals surface area (Å²) in [4.78, 5) is 10.4. The van der Waals surface area contributed by atoms with E-state index in [4.69, 9.17) is 11.6 Å². The van der Waals surface area contributed by atoms with Crippen LogP contribution in [0.15, 0.2) is 12.7 Å². The number of alkyl halides is 1. The molecule has 0 N–H and O–H groups in total. The summed E-state index contributed by atoms with van der Waals surface area (Å²) in [5, 5.41) is 0. The molecule has 0 aliphatic rings. The fourth-order valence-electron chi connectivity index (χ4n) is 0.560. The predicted molar refractivity (Wildman–Crippen MR) is 44.4 cm³/mol. The Kier molecular flexibility index (Phi) is 3.66. The molecule has 1 unspecified atom stereocenters. The van der Waals surface area contributed by atoms with Crippen LogP contribution < -0.4 is 0 Å². The predicted octanol–water partition coefficient (Wildman–Crippen LogP) is 2.54. The van der Waals surface area contributed by atoms with Crippen LogP contribution in [0.4, 0.5) is 0 Å². The zero-order valence-electron chi connectivity index (χ0n) is 6.48. The Labute approximate surface area is 67.1 Å². The van der Waals surface area contributed by atoms with Crippen molar-refractivity contribution in [1.29, 1.82) is 0 Å². The molecule has 0 aromatic carbocycles. The first-order valence-electron chi connectivity index (χ1n) is 3.36. The zero-order chi connectivity index (χ0) is 8.20. The number of rotatable bonds is 4. The summed E-state index contributed by atoms with van der Waals surface area (Å²) in [6.45, 7) is 7.19. The van der Waals surface area contributed by atoms with Gasteiger partial charge in [-0.1, -0.05) is 13.5 Å². The average Bonchev–Trinajstić information content (AvgIpc) is 1.87. The van der Waals surface area contributed by atoms with Crippen LogP contribution in [0.5, 0.6) is 0 Å². The minimum Gasteiger partial charge on any atom is -0.295 e. The molecular weight excluding hydrogens is 148 g/mol. The topological polar surface area (TPSA) is 17.1 Å². The fourth-order valence-corrected chi connectivity index (χ4v) is 0.692. The SMILES string of the molecule is C=CC(=O)CC(C)(Cl)CC. The molecule has 2 heteroatoms. The molecule has 0 spiro atoms. The first-order chi connectivity index (χ1) is 4.52. The number of carbonyl (C=O) groups is 1. The van der Waals surface area contributed by atoms with Crippen molar-refractivity contribution in [1.82, 2.24) is 0 Å². The van der Waals surface area contributed by atoms with Crippen LogP contribution in [-0.4, -0.2) is 10.7 Å². The van der Waals surface area contributed by atoms with E-state index in [1.165, 1.54) is 6.08 Å². The van der Waals surface area contributed by atoms with E-state index < -0.39 is 0 Å². The standard InChI is InChI=1S/C8H13ClO/c1-4-7(10)6-8(3,9)5-2/h4H,1,5-6H2,2-3H3. The Morgan fingerprint density at radius 3 is 2.60 bits per heavy atom. The van der Waals surface area contributed by atoms with Crippen LogP contribution in [0.25, 0.3) is 0 Å². The van der Waals surface area contributed by atoms with Crippen LogP contribution >= 0.6 is 11.6 Å². The average molecular weight is 161 g/mol. The Morgan fingerprint density at radius 2 is 2.30 bits per heavy atom. The third-order valence-electron chi connectivity index (χ3n) is 1.51. The Morgan fingerprint density at radius 1 is 1.80 bits per heavy atom. The van der Waals surface area contributed by atoms with Crippen LogP contribution in [0.2, 0.25) is 0 Å². The molecule has 0 aliphatic carbocycles. The first-order valence-corrected chi connectivity index (χ1v) is 3.74. The molecule has 1 atom stereocenters. The quantitative estimate of drug-likeness (QED) is 0.456. The molecule has 0 saturated carbocycles. The molecule has 0 amide bonds. The molecule has 0 aliphatic heterocycles. The van der Waals surface area contributed by atoms with Crippen LogP contribution in [0.3, 0.4) is 0 Å². The van der Waals surface area contributed by atoms with E-state index in [0.29, 0.717) is 6.42 Å². The number of ketones is 1. The second-order valence-electron chi connectivity index (χ2n) is 2.61. The highest BCUT2D eigenvalue weighted by Crippen LogP contribution is 2.23. The maximum atomic E-state index is 10.8. The van der Waals surface area contributed by atoms with Gasteiger partial charge in [-0.25, -0.2) is 0 Å². The molecule has 10 heavy (non-hydrogen) atoms. The molecule has 0 saturated heterocycles. The van der Waals surface area contributed by atoms with Crippen molar-refractivity contribution in [3.05, 3.63) is 12.7 Å². The van der Waals surface area contributed by atoms with Crippen molar-refractivity contribution in [2.75, 3.05) is 0 Å². The maximum absolute atomic E-state index is 10.8. The lowest BCUT2D eigenvalue weighted by atomic mass is 10.0. The van der Waals surface area contributed by atoms with E-state index in [-0.39, 0.29) is 10.7 Å². The smallest absolute Gasteiger partial charge is 0.156 e. The summed E-state index contributed by atoms with van der Waals surface area (Å²) in [5.41, 5.74) is 0. The van der Waals surface area contributed by atoms with Gasteiger partial charge in [0.15, 0.2) is 5.78 Å². The summed E-state index contributed by atoms with van der Waals surface area (Å²) < 4.78 is 0. The summed E-state index contributed by atoms with van der Waals surface area (Å²) in [7, 11) is 0. The highest BCUT2D eigenvalue weighted by molar-refractivity contribution is 6.25. The molecule has 0 heterocycles. The largest absolute Gasteiger partial charge is 0.295 e. The van der Waals surface area contributed by atoms with E-state index >= 15 is 0 Å². The van der Waals surface area contributed by atoms with Crippen molar-refractivity contribution < 1.29 is 4.79 Å². The van der Waals surface area contributed by atoms with Crippen molar-refractivity contribution >= 4 is 17.4 Å². The first kappa shape index (κ1) is 9.70. The number of hydrogen-bond donors (Lipinski definition) is 0. The molecule has 0 bridgehead atoms. The van der Waals surface area contributed by atoms with Gasteiger partial charge < -0.3 is 0 Å². The van der Waals surface area contributed by atoms with Crippen molar-refractivity contribution in [2.45, 2.75) is 31.6 Å². The summed E-state index contributed by atoms with van der Waals surface area (Å²) >= 11 is 5.93. The number of carbonyl (C=O) groups excluding carboxylic acids is 1. The third-order valence-corrected chi connectivity index (χ3v) is 1.91. The number of halogens is 1. The van der Waals surface area contributed by atoms with Crippen molar-refractivity contribution in [3.63, 3.8) is 0 Å². The lowest BCUT2D eigenvalue weighted by Gasteiger charge is -2.16. The number of hydrogen-bond acceptors (Lipinski definition) is 1. The van der Waals surface area contributed by atoms with Gasteiger partial charge in [-0.15, -0.1) is 11.6 Å². The van der Waals surface area contributed by atoms with E-state index in [2.05, 4.69) is 6.58 Å². The van der Waals surface area contributed by atoms with E-state index in [9.17, 15) is 4.79 Å². The molecule has 58 valence electrons. The zero-order valence-corrected chi connectivity index (χ0v) is 7.24. The van der Waals surface area contributed by atoms with Gasteiger partial charge in [0.05, 0.1) is 0 Å². The van der Waals surface area contributed by atoms with Crippen molar-refractivity contribution in [3.8, 4) is 0 Å². The van der Waals surface area contributed by atoms with Gasteiger partial charge in [-0.05, 0) is 19.4 Å². The second kappa shape index (κ2) is 3.77. The molecule has 0 rings (SSSR count). The minimum atomic E-state index is -0.384. The second-order valence-corrected chi connectivity index (χ2v) is 3.53. The maximum Gasteiger partial charge on any atom is 0.156 e. The van der Waals surface area contributed by atoms with Gasteiger partial charge in [-0.2, -0.15) is 0 Å². The van der Waals surface area contributed by atoms with E-state index in [1.54, 1.807) is 0 Å². The molecule has 0 fully saturated rings. The van der Waals surface area contributed by atoms with Gasteiger partial charge >= 0.3 is 0 Å². The van der Waals surface area contributed by atoms with Crippen molar-refractivity contribution in [2.24, 2.45) is 0 Å². The van der Waals surface area contributed by atoms with Gasteiger partial charge in [-0.3, -0.25) is 4.79 Å². The van der Waals surface area contributed by atoms with Gasteiger partial charge in [0, 0.05) is 11.3 Å². The minimum absolute atomic E-state index is 0.0133. The highest BCUT2D eigenvalue weighted by Gasteiger charge is 2.20. The normalized spacial score (nSPS) is 15.9. The summed E-state index contributed by atoms with van der Waals surface area (Å²) in [6, 6.07) is 0. The number of allylic oxidation sites excluding steroid dienone is 1. The third kappa shape index (κ3) is 3.67. The summed E-state index contributed by atoms with van der Waals surface area (Å²) in [6.07, 6.45) is 2.50. The van der Waals surface area contributed by atoms with Crippen LogP contribution in [-0.2, 0) is 4.79 Å². The fraction of sp³-hybridized carbons (Fsp3) is 0.625. The Balaban J connectivity index is 3.87. The molecular formula is C8H13ClO. The van der Waals surface area contributed by atoms with Gasteiger partial charge in [0.1, 0.15) is 0 Å². The molecule has 1 nitrogen and oxygen atoms in total. The van der Waals surface area contributed by atoms with E-state index in [1.807, 2.05) is 13.8 Å². The monoisotopic (exact) mass is 160 g/mol. The molecule has 0 aromatic heterocycles. The van der Waals surface area contributed by atoms with Crippen LogP contribution in [0, 0.1) is 0 Å². The van der Waals surface area contributed by atoms with Crippen LogP contribution in [0.1, 0.15) is 26.7 Å². The Hall–Kier alpha value is -0.300. The lowest BCUT2D eigenvalue weighted by molar-refractivity contribution is -0.115.